The van der Waals surface area contributed by atoms with E-state index in [1.165, 1.54) is 18.2 Å². The van der Waals surface area contributed by atoms with Crippen LogP contribution >= 0.6 is 0 Å². The average Bonchev–Trinajstić information content (AvgIpc) is 3.00. The van der Waals surface area contributed by atoms with Gasteiger partial charge in [0.25, 0.3) is 5.91 Å². The Kier molecular flexibility index (Phi) is 5.53. The largest absolute Gasteiger partial charge is 0.508 e. The fourth-order valence-electron chi connectivity index (χ4n) is 3.49. The number of aromatic hydroxyl groups is 1. The third-order valence-corrected chi connectivity index (χ3v) is 5.07. The fourth-order valence-corrected chi connectivity index (χ4v) is 3.49. The summed E-state index contributed by atoms with van der Waals surface area (Å²) in [6, 6.07) is 12.9. The van der Waals surface area contributed by atoms with Crippen molar-refractivity contribution in [1.29, 1.82) is 0 Å². The highest BCUT2D eigenvalue weighted by Crippen LogP contribution is 2.19. The molecule has 0 unspecified atom stereocenters. The Balaban J connectivity index is 1.38. The number of phenols is 1. The lowest BCUT2D eigenvalue weighted by atomic mass is 10.2. The lowest BCUT2D eigenvalue weighted by Gasteiger charge is -2.20. The van der Waals surface area contributed by atoms with Crippen LogP contribution in [0.25, 0.3) is 0 Å². The van der Waals surface area contributed by atoms with Crippen LogP contribution in [0.1, 0.15) is 27.6 Å². The minimum absolute atomic E-state index is 0.224. The van der Waals surface area contributed by atoms with Crippen molar-refractivity contribution in [3.05, 3.63) is 77.1 Å². The van der Waals surface area contributed by atoms with Crippen molar-refractivity contribution in [2.24, 2.45) is 0 Å². The summed E-state index contributed by atoms with van der Waals surface area (Å²) in [5.41, 5.74) is 1.17. The zero-order valence-electron chi connectivity index (χ0n) is 15.9. The maximum atomic E-state index is 13.3. The molecule has 0 fully saturated rings. The first-order chi connectivity index (χ1) is 14.1. The summed E-state index contributed by atoms with van der Waals surface area (Å²) in [5.74, 6) is 1.06. The second-order valence-electron chi connectivity index (χ2n) is 7.03. The standard InChI is InChI=1S/C21H22FN5O2/c22-17-6-3-5-15(12-17)21(29)23-13-20-25-24-19-8-9-26(10-11-27(19)20)14-16-4-1-2-7-18(16)28/h1-7,12,28H,8-11,13-14H2,(H,23,29). The molecule has 2 aromatic carbocycles. The van der Waals surface area contributed by atoms with Crippen molar-refractivity contribution in [2.75, 3.05) is 13.1 Å². The SMILES string of the molecule is O=C(NCc1nnc2n1CCN(Cc1ccccc1O)CC2)c1cccc(F)c1. The van der Waals surface area contributed by atoms with E-state index >= 15 is 0 Å². The number of carbonyl (C=O) groups excluding carboxylic acids is 1. The number of fused-ring (bicyclic) bond motifs is 1. The molecular formula is C21H22FN5O2. The van der Waals surface area contributed by atoms with Gasteiger partial charge in [0, 0.05) is 43.7 Å². The number of phenolic OH excluding ortho intramolecular Hbond substituents is 1. The van der Waals surface area contributed by atoms with Crippen LogP contribution in [0.3, 0.4) is 0 Å². The maximum absolute atomic E-state index is 13.3. The molecule has 29 heavy (non-hydrogen) atoms. The number of halogens is 1. The molecule has 0 bridgehead atoms. The van der Waals surface area contributed by atoms with E-state index in [0.29, 0.717) is 24.7 Å². The molecule has 3 aromatic rings. The quantitative estimate of drug-likeness (QED) is 0.691. The van der Waals surface area contributed by atoms with Gasteiger partial charge in [-0.2, -0.15) is 0 Å². The lowest BCUT2D eigenvalue weighted by Crippen LogP contribution is -2.28. The molecule has 150 valence electrons. The van der Waals surface area contributed by atoms with Crippen molar-refractivity contribution in [3.63, 3.8) is 0 Å². The average molecular weight is 395 g/mol. The van der Waals surface area contributed by atoms with Crippen LogP contribution < -0.4 is 5.32 Å². The third-order valence-electron chi connectivity index (χ3n) is 5.07. The molecule has 1 aliphatic heterocycles. The Hall–Kier alpha value is -3.26. The van der Waals surface area contributed by atoms with Gasteiger partial charge in [0.2, 0.25) is 0 Å². The van der Waals surface area contributed by atoms with Crippen molar-refractivity contribution in [2.45, 2.75) is 26.1 Å². The number of para-hydroxylation sites is 1. The number of nitrogens with zero attached hydrogens (tertiary/aromatic N) is 4. The number of hydrogen-bond donors (Lipinski definition) is 2. The van der Waals surface area contributed by atoms with Crippen molar-refractivity contribution in [1.82, 2.24) is 25.0 Å². The Labute approximate surface area is 167 Å². The monoisotopic (exact) mass is 395 g/mol. The molecule has 0 aliphatic carbocycles. The number of carbonyl (C=O) groups is 1. The highest BCUT2D eigenvalue weighted by atomic mass is 19.1. The Morgan fingerprint density at radius 1 is 1.10 bits per heavy atom. The third kappa shape index (κ3) is 4.43. The van der Waals surface area contributed by atoms with E-state index in [1.54, 1.807) is 12.1 Å². The minimum atomic E-state index is -0.446. The van der Waals surface area contributed by atoms with Gasteiger partial charge in [-0.25, -0.2) is 4.39 Å². The number of nitrogens with one attached hydrogen (secondary N) is 1. The summed E-state index contributed by atoms with van der Waals surface area (Å²) < 4.78 is 15.3. The normalized spacial score (nSPS) is 14.2. The summed E-state index contributed by atoms with van der Waals surface area (Å²) in [4.78, 5) is 14.5. The van der Waals surface area contributed by atoms with Gasteiger partial charge in [0.15, 0.2) is 5.82 Å². The molecule has 0 spiro atoms. The number of hydrogen-bond acceptors (Lipinski definition) is 5. The van der Waals surface area contributed by atoms with E-state index in [1.807, 2.05) is 22.8 Å². The van der Waals surface area contributed by atoms with Gasteiger partial charge in [0.1, 0.15) is 17.4 Å². The second-order valence-corrected chi connectivity index (χ2v) is 7.03. The summed E-state index contributed by atoms with van der Waals surface area (Å²) >= 11 is 0. The number of aromatic nitrogens is 3. The molecule has 4 rings (SSSR count). The van der Waals surface area contributed by atoms with Gasteiger partial charge < -0.3 is 15.0 Å². The molecule has 0 radical (unpaired) electrons. The van der Waals surface area contributed by atoms with Gasteiger partial charge in [-0.15, -0.1) is 10.2 Å². The van der Waals surface area contributed by atoms with Crippen LogP contribution in [0, 0.1) is 5.82 Å². The van der Waals surface area contributed by atoms with Gasteiger partial charge in [-0.05, 0) is 24.3 Å². The predicted octanol–water partition coefficient (Wildman–Crippen LogP) is 2.11. The Morgan fingerprint density at radius 3 is 2.79 bits per heavy atom. The molecule has 1 aliphatic rings. The lowest BCUT2D eigenvalue weighted by molar-refractivity contribution is 0.0949. The molecule has 0 saturated heterocycles. The van der Waals surface area contributed by atoms with E-state index in [-0.39, 0.29) is 18.0 Å². The molecule has 8 heteroatoms. The number of rotatable bonds is 5. The minimum Gasteiger partial charge on any atom is -0.508 e. The van der Waals surface area contributed by atoms with E-state index in [9.17, 15) is 14.3 Å². The van der Waals surface area contributed by atoms with E-state index in [4.69, 9.17) is 0 Å². The van der Waals surface area contributed by atoms with Crippen LogP contribution in [0.15, 0.2) is 48.5 Å². The van der Waals surface area contributed by atoms with Gasteiger partial charge >= 0.3 is 0 Å². The molecule has 7 nitrogen and oxygen atoms in total. The number of amides is 1. The zero-order chi connectivity index (χ0) is 20.2. The maximum Gasteiger partial charge on any atom is 0.251 e. The summed E-state index contributed by atoms with van der Waals surface area (Å²) in [6.45, 7) is 3.17. The van der Waals surface area contributed by atoms with Gasteiger partial charge in [0.05, 0.1) is 6.54 Å². The summed E-state index contributed by atoms with van der Waals surface area (Å²) in [6.07, 6.45) is 0.735. The highest BCUT2D eigenvalue weighted by molar-refractivity contribution is 5.94. The molecule has 0 atom stereocenters. The van der Waals surface area contributed by atoms with Crippen molar-refractivity contribution >= 4 is 5.91 Å². The molecule has 1 aromatic heterocycles. The van der Waals surface area contributed by atoms with Crippen molar-refractivity contribution in [3.8, 4) is 5.75 Å². The van der Waals surface area contributed by atoms with Crippen LogP contribution in [0.5, 0.6) is 5.75 Å². The Bertz CT molecular complexity index is 1020. The van der Waals surface area contributed by atoms with E-state index in [2.05, 4.69) is 20.4 Å². The van der Waals surface area contributed by atoms with Crippen LogP contribution in [0.2, 0.25) is 0 Å². The highest BCUT2D eigenvalue weighted by Gasteiger charge is 2.20. The number of benzene rings is 2. The summed E-state index contributed by atoms with van der Waals surface area (Å²) in [7, 11) is 0. The first kappa shape index (κ1) is 19.1. The second kappa shape index (κ2) is 8.40. The van der Waals surface area contributed by atoms with Crippen LogP contribution in [-0.4, -0.2) is 43.8 Å². The smallest absolute Gasteiger partial charge is 0.251 e. The van der Waals surface area contributed by atoms with Crippen LogP contribution in [-0.2, 0) is 26.1 Å². The molecule has 1 amide bonds. The van der Waals surface area contributed by atoms with Crippen molar-refractivity contribution < 1.29 is 14.3 Å². The molecule has 2 N–H and O–H groups in total. The molecular weight excluding hydrogens is 373 g/mol. The fraction of sp³-hybridized carbons (Fsp3) is 0.286. The topological polar surface area (TPSA) is 83.3 Å². The zero-order valence-corrected chi connectivity index (χ0v) is 15.9. The van der Waals surface area contributed by atoms with Gasteiger partial charge in [-0.3, -0.25) is 9.69 Å². The Morgan fingerprint density at radius 2 is 1.97 bits per heavy atom. The van der Waals surface area contributed by atoms with Gasteiger partial charge in [-0.1, -0.05) is 24.3 Å². The molecule has 0 saturated carbocycles. The molecule has 2 heterocycles. The predicted molar refractivity (Wildman–Crippen MR) is 105 cm³/mol. The van der Waals surface area contributed by atoms with E-state index < -0.39 is 5.82 Å². The summed E-state index contributed by atoms with van der Waals surface area (Å²) in [5, 5.41) is 21.3. The van der Waals surface area contributed by atoms with E-state index in [0.717, 1.165) is 30.9 Å². The van der Waals surface area contributed by atoms with Crippen LogP contribution in [0.4, 0.5) is 4.39 Å². The first-order valence-corrected chi connectivity index (χ1v) is 9.54. The first-order valence-electron chi connectivity index (χ1n) is 9.54.